The minimum atomic E-state index is -3.14. The number of hydrogen-bond acceptors (Lipinski definition) is 6. The highest BCUT2D eigenvalue weighted by atomic mass is 35.5. The SMILES string of the molecule is COc1cc(CN2C[C@@H]3CCC[C@@]3(C(=O)O)C2)c([N+](=O)[O-])cc1OC(F)F.Cl. The van der Waals surface area contributed by atoms with Gasteiger partial charge in [-0.15, -0.1) is 12.4 Å². The summed E-state index contributed by atoms with van der Waals surface area (Å²) in [6.07, 6.45) is 2.27. The first-order valence-electron chi connectivity index (χ1n) is 8.52. The zero-order valence-electron chi connectivity index (χ0n) is 15.1. The fraction of sp³-hybridized carbons (Fsp3) is 0.588. The van der Waals surface area contributed by atoms with E-state index >= 15 is 0 Å². The van der Waals surface area contributed by atoms with E-state index in [1.54, 1.807) is 0 Å². The molecule has 1 aliphatic heterocycles. The van der Waals surface area contributed by atoms with Gasteiger partial charge in [-0.1, -0.05) is 6.42 Å². The van der Waals surface area contributed by atoms with Crippen LogP contribution in [-0.4, -0.2) is 47.7 Å². The number of likely N-dealkylation sites (tertiary alicyclic amines) is 1. The number of nitro benzene ring substituents is 1. The fourth-order valence-corrected chi connectivity index (χ4v) is 4.34. The molecule has 8 nitrogen and oxygen atoms in total. The summed E-state index contributed by atoms with van der Waals surface area (Å²) in [5, 5.41) is 21.1. The van der Waals surface area contributed by atoms with Gasteiger partial charge in [0.05, 0.1) is 23.5 Å². The third-order valence-electron chi connectivity index (χ3n) is 5.54. The number of nitrogens with zero attached hydrogens (tertiary/aromatic N) is 2. The number of nitro groups is 1. The molecule has 1 saturated heterocycles. The van der Waals surface area contributed by atoms with Crippen LogP contribution < -0.4 is 9.47 Å². The molecule has 3 rings (SSSR count). The summed E-state index contributed by atoms with van der Waals surface area (Å²) in [4.78, 5) is 24.4. The molecule has 2 atom stereocenters. The number of carboxylic acids is 1. The molecule has 0 spiro atoms. The number of halogens is 3. The maximum atomic E-state index is 12.5. The van der Waals surface area contributed by atoms with E-state index in [0.717, 1.165) is 18.9 Å². The Morgan fingerprint density at radius 2 is 2.18 bits per heavy atom. The number of fused-ring (bicyclic) bond motifs is 1. The first-order chi connectivity index (χ1) is 12.8. The molecule has 0 bridgehead atoms. The van der Waals surface area contributed by atoms with Crippen molar-refractivity contribution in [3.63, 3.8) is 0 Å². The monoisotopic (exact) mass is 422 g/mol. The zero-order chi connectivity index (χ0) is 19.8. The molecule has 11 heteroatoms. The summed E-state index contributed by atoms with van der Waals surface area (Å²) >= 11 is 0. The van der Waals surface area contributed by atoms with Crippen molar-refractivity contribution in [1.82, 2.24) is 4.90 Å². The van der Waals surface area contributed by atoms with Gasteiger partial charge in [0.2, 0.25) is 0 Å². The van der Waals surface area contributed by atoms with E-state index in [4.69, 9.17) is 4.74 Å². The molecule has 28 heavy (non-hydrogen) atoms. The van der Waals surface area contributed by atoms with Crippen molar-refractivity contribution in [2.75, 3.05) is 20.2 Å². The number of alkyl halides is 2. The number of carboxylic acid groups (broad SMARTS) is 1. The Kier molecular flexibility index (Phi) is 6.66. The Hall–Kier alpha value is -2.20. The van der Waals surface area contributed by atoms with E-state index in [1.807, 2.05) is 4.90 Å². The molecule has 1 aromatic carbocycles. The quantitative estimate of drug-likeness (QED) is 0.531. The van der Waals surface area contributed by atoms with E-state index in [-0.39, 0.29) is 41.9 Å². The van der Waals surface area contributed by atoms with Gasteiger partial charge in [0.25, 0.3) is 5.69 Å². The van der Waals surface area contributed by atoms with Crippen molar-refractivity contribution in [3.05, 3.63) is 27.8 Å². The van der Waals surface area contributed by atoms with Crippen LogP contribution in [0.1, 0.15) is 24.8 Å². The molecule has 1 aliphatic carbocycles. The topological polar surface area (TPSA) is 102 Å². The van der Waals surface area contributed by atoms with Crippen LogP contribution in [0.25, 0.3) is 0 Å². The lowest BCUT2D eigenvalue weighted by Crippen LogP contribution is -2.35. The van der Waals surface area contributed by atoms with Crippen molar-refractivity contribution in [1.29, 1.82) is 0 Å². The Morgan fingerprint density at radius 1 is 1.46 bits per heavy atom. The molecule has 2 aliphatic rings. The highest BCUT2D eigenvalue weighted by Crippen LogP contribution is 2.49. The largest absolute Gasteiger partial charge is 0.493 e. The van der Waals surface area contributed by atoms with Gasteiger partial charge in [-0.05, 0) is 24.8 Å². The molecule has 2 fully saturated rings. The molecule has 0 radical (unpaired) electrons. The van der Waals surface area contributed by atoms with E-state index in [2.05, 4.69) is 4.74 Å². The third-order valence-corrected chi connectivity index (χ3v) is 5.54. The lowest BCUT2D eigenvalue weighted by Gasteiger charge is -2.23. The second-order valence-corrected chi connectivity index (χ2v) is 6.99. The van der Waals surface area contributed by atoms with E-state index in [9.17, 15) is 28.8 Å². The maximum Gasteiger partial charge on any atom is 0.387 e. The normalized spacial score (nSPS) is 23.9. The minimum absolute atomic E-state index is 0. The first kappa shape index (κ1) is 22.1. The number of carbonyl (C=O) groups is 1. The van der Waals surface area contributed by atoms with Gasteiger partial charge in [-0.2, -0.15) is 8.78 Å². The molecule has 1 N–H and O–H groups in total. The van der Waals surface area contributed by atoms with Crippen molar-refractivity contribution < 1.29 is 33.1 Å². The average Bonchev–Trinajstić information content (AvgIpc) is 3.13. The second-order valence-electron chi connectivity index (χ2n) is 6.99. The van der Waals surface area contributed by atoms with Crippen LogP contribution in [0.15, 0.2) is 12.1 Å². The zero-order valence-corrected chi connectivity index (χ0v) is 15.9. The van der Waals surface area contributed by atoms with Gasteiger partial charge in [0.15, 0.2) is 11.5 Å². The summed E-state index contributed by atoms with van der Waals surface area (Å²) < 4.78 is 34.4. The first-order valence-corrected chi connectivity index (χ1v) is 8.52. The van der Waals surface area contributed by atoms with Gasteiger partial charge >= 0.3 is 12.6 Å². The number of ether oxygens (including phenoxy) is 2. The van der Waals surface area contributed by atoms with Crippen LogP contribution in [-0.2, 0) is 11.3 Å². The Labute approximate surface area is 166 Å². The molecular formula is C17H21ClF2N2O6. The predicted octanol–water partition coefficient (Wildman–Crippen LogP) is 3.31. The molecule has 1 heterocycles. The van der Waals surface area contributed by atoms with Crippen molar-refractivity contribution in [2.24, 2.45) is 11.3 Å². The van der Waals surface area contributed by atoms with Gasteiger partial charge in [-0.3, -0.25) is 19.8 Å². The summed E-state index contributed by atoms with van der Waals surface area (Å²) in [5.74, 6) is -1.27. The van der Waals surface area contributed by atoms with E-state index in [1.165, 1.54) is 13.2 Å². The minimum Gasteiger partial charge on any atom is -0.493 e. The van der Waals surface area contributed by atoms with Gasteiger partial charge in [0, 0.05) is 25.2 Å². The number of aliphatic carboxylic acids is 1. The summed E-state index contributed by atoms with van der Waals surface area (Å²) in [6, 6.07) is 2.22. The summed E-state index contributed by atoms with van der Waals surface area (Å²) in [7, 11) is 1.25. The molecule has 1 saturated carbocycles. The third kappa shape index (κ3) is 3.97. The summed E-state index contributed by atoms with van der Waals surface area (Å²) in [5.41, 5.74) is -0.913. The fourth-order valence-electron chi connectivity index (χ4n) is 4.34. The summed E-state index contributed by atoms with van der Waals surface area (Å²) in [6.45, 7) is -2.17. The maximum absolute atomic E-state index is 12.5. The Morgan fingerprint density at radius 3 is 2.71 bits per heavy atom. The smallest absolute Gasteiger partial charge is 0.387 e. The molecule has 156 valence electrons. The predicted molar refractivity (Wildman–Crippen MR) is 96.2 cm³/mol. The number of rotatable bonds is 7. The Balaban J connectivity index is 0.00000280. The van der Waals surface area contributed by atoms with Crippen LogP contribution >= 0.6 is 12.4 Å². The number of benzene rings is 1. The lowest BCUT2D eigenvalue weighted by atomic mass is 9.81. The highest BCUT2D eigenvalue weighted by molar-refractivity contribution is 5.85. The lowest BCUT2D eigenvalue weighted by molar-refractivity contribution is -0.385. The van der Waals surface area contributed by atoms with Crippen molar-refractivity contribution in [3.8, 4) is 11.5 Å². The average molecular weight is 423 g/mol. The van der Waals surface area contributed by atoms with Gasteiger partial charge in [0.1, 0.15) is 0 Å². The van der Waals surface area contributed by atoms with Crippen LogP contribution in [0.3, 0.4) is 0 Å². The van der Waals surface area contributed by atoms with Crippen molar-refractivity contribution in [2.45, 2.75) is 32.4 Å². The van der Waals surface area contributed by atoms with Crippen LogP contribution in [0.5, 0.6) is 11.5 Å². The van der Waals surface area contributed by atoms with E-state index < -0.39 is 28.7 Å². The Bertz CT molecular complexity index is 765. The number of hydrogen-bond donors (Lipinski definition) is 1. The van der Waals surface area contributed by atoms with E-state index in [0.29, 0.717) is 19.5 Å². The molecule has 1 aromatic rings. The highest BCUT2D eigenvalue weighted by Gasteiger charge is 2.54. The standard InChI is InChI=1S/C17H20F2N2O6.ClH/c1-26-13-5-10(12(21(24)25)6-14(13)27-16(18)19)7-20-8-11-3-2-4-17(11,9-20)15(22)23;/h5-6,11,16H,2-4,7-9H2,1H3,(H,22,23);1H/t11-,17+;/m0./s1. The molecule has 0 amide bonds. The van der Waals surface area contributed by atoms with Crippen LogP contribution in [0.4, 0.5) is 14.5 Å². The van der Waals surface area contributed by atoms with Gasteiger partial charge in [-0.25, -0.2) is 0 Å². The molecule has 0 aromatic heterocycles. The van der Waals surface area contributed by atoms with Crippen LogP contribution in [0.2, 0.25) is 0 Å². The molecule has 0 unspecified atom stereocenters. The van der Waals surface area contributed by atoms with Crippen LogP contribution in [0, 0.1) is 21.4 Å². The molecular weight excluding hydrogens is 402 g/mol. The van der Waals surface area contributed by atoms with Gasteiger partial charge < -0.3 is 14.6 Å². The van der Waals surface area contributed by atoms with Crippen molar-refractivity contribution >= 4 is 24.1 Å². The second kappa shape index (κ2) is 8.44. The number of methoxy groups -OCH3 is 1.